The molecule has 0 radical (unpaired) electrons. The molecule has 8 heteroatoms. The number of nitrogens with one attached hydrogen (secondary N) is 1. The summed E-state index contributed by atoms with van der Waals surface area (Å²) in [6, 6.07) is 7.48. The van der Waals surface area contributed by atoms with E-state index in [0.29, 0.717) is 16.1 Å². The Morgan fingerprint density at radius 1 is 1.38 bits per heavy atom. The number of carbonyl (C=O) groups is 2. The van der Waals surface area contributed by atoms with Gasteiger partial charge in [-0.05, 0) is 30.0 Å². The third kappa shape index (κ3) is 4.50. The van der Waals surface area contributed by atoms with E-state index in [4.69, 9.17) is 4.74 Å². The lowest BCUT2D eigenvalue weighted by atomic mass is 10.2. The number of hydrogen-bond acceptors (Lipinski definition) is 6. The van der Waals surface area contributed by atoms with Gasteiger partial charge in [0.1, 0.15) is 5.00 Å². The number of benzene rings is 1. The Hall–Kier alpha value is -3.00. The Morgan fingerprint density at radius 3 is 2.88 bits per heavy atom. The summed E-state index contributed by atoms with van der Waals surface area (Å²) in [7, 11) is 0. The van der Waals surface area contributed by atoms with Gasteiger partial charge in [-0.1, -0.05) is 12.1 Å². The van der Waals surface area contributed by atoms with Crippen LogP contribution in [0.1, 0.15) is 22.8 Å². The normalized spacial score (nSPS) is 10.5. The van der Waals surface area contributed by atoms with E-state index in [1.807, 2.05) is 0 Å². The molecule has 0 unspecified atom stereocenters. The number of nitrogens with zero attached hydrogens (tertiary/aromatic N) is 1. The standard InChI is InChI=1S/C16H14N2O5S/c1-2-23-16(20)13-8-9-24-15(13)17-14(19)7-6-11-4-3-5-12(10-11)18(21)22/h3-10H,2H2,1H3,(H,17,19)/b7-6+. The molecular formula is C16H14N2O5S. The van der Waals surface area contributed by atoms with Gasteiger partial charge >= 0.3 is 5.97 Å². The first kappa shape index (κ1) is 17.4. The molecule has 2 aromatic rings. The van der Waals surface area contributed by atoms with E-state index in [1.54, 1.807) is 24.4 Å². The van der Waals surface area contributed by atoms with Crippen LogP contribution in [0.25, 0.3) is 6.08 Å². The Balaban J connectivity index is 2.06. The van der Waals surface area contributed by atoms with Gasteiger partial charge in [0.15, 0.2) is 0 Å². The van der Waals surface area contributed by atoms with Crippen molar-refractivity contribution in [3.8, 4) is 0 Å². The second-order valence-corrected chi connectivity index (χ2v) is 5.47. The predicted octanol–water partition coefficient (Wildman–Crippen LogP) is 3.48. The van der Waals surface area contributed by atoms with Gasteiger partial charge < -0.3 is 10.1 Å². The van der Waals surface area contributed by atoms with E-state index in [-0.39, 0.29) is 12.3 Å². The van der Waals surface area contributed by atoms with Crippen molar-refractivity contribution in [3.05, 3.63) is 63.0 Å². The van der Waals surface area contributed by atoms with Crippen LogP contribution in [0.15, 0.2) is 41.8 Å². The largest absolute Gasteiger partial charge is 0.462 e. The Labute approximate surface area is 141 Å². The van der Waals surface area contributed by atoms with Crippen LogP contribution in [0, 0.1) is 10.1 Å². The zero-order valence-electron chi connectivity index (χ0n) is 12.7. The first-order valence-electron chi connectivity index (χ1n) is 6.99. The lowest BCUT2D eigenvalue weighted by Crippen LogP contribution is -2.11. The SMILES string of the molecule is CCOC(=O)c1ccsc1NC(=O)/C=C/c1cccc([N+](=O)[O-])c1. The van der Waals surface area contributed by atoms with Crippen molar-refractivity contribution in [3.63, 3.8) is 0 Å². The molecule has 7 nitrogen and oxygen atoms in total. The van der Waals surface area contributed by atoms with Crippen LogP contribution in [-0.4, -0.2) is 23.4 Å². The summed E-state index contributed by atoms with van der Waals surface area (Å²) in [5, 5.41) is 15.4. The summed E-state index contributed by atoms with van der Waals surface area (Å²) in [5.41, 5.74) is 0.760. The first-order chi connectivity index (χ1) is 11.5. The van der Waals surface area contributed by atoms with Crippen molar-refractivity contribution in [2.75, 3.05) is 11.9 Å². The maximum absolute atomic E-state index is 12.0. The number of rotatable bonds is 6. The van der Waals surface area contributed by atoms with Gasteiger partial charge in [-0.3, -0.25) is 14.9 Å². The van der Waals surface area contributed by atoms with Gasteiger partial charge in [0, 0.05) is 18.2 Å². The molecule has 0 fully saturated rings. The minimum absolute atomic E-state index is 0.0552. The van der Waals surface area contributed by atoms with Gasteiger partial charge in [-0.15, -0.1) is 11.3 Å². The number of ether oxygens (including phenoxy) is 1. The lowest BCUT2D eigenvalue weighted by Gasteiger charge is -2.03. The molecule has 0 spiro atoms. The van der Waals surface area contributed by atoms with Crippen molar-refractivity contribution in [1.29, 1.82) is 0 Å². The lowest BCUT2D eigenvalue weighted by molar-refractivity contribution is -0.384. The number of thiophene rings is 1. The molecule has 1 amide bonds. The quantitative estimate of drug-likeness (QED) is 0.374. The van der Waals surface area contributed by atoms with E-state index in [1.165, 1.54) is 41.7 Å². The third-order valence-corrected chi connectivity index (χ3v) is 3.74. The molecular weight excluding hydrogens is 332 g/mol. The van der Waals surface area contributed by atoms with Crippen molar-refractivity contribution >= 4 is 40.0 Å². The molecule has 0 aliphatic heterocycles. The van der Waals surface area contributed by atoms with E-state index in [9.17, 15) is 19.7 Å². The van der Waals surface area contributed by atoms with Gasteiger partial charge in [0.2, 0.25) is 5.91 Å². The molecule has 124 valence electrons. The number of carbonyl (C=O) groups excluding carboxylic acids is 2. The Kier molecular flexibility index (Phi) is 5.80. The summed E-state index contributed by atoms with van der Waals surface area (Å²) in [5.74, 6) is -0.953. The first-order valence-corrected chi connectivity index (χ1v) is 7.87. The maximum Gasteiger partial charge on any atom is 0.341 e. The van der Waals surface area contributed by atoms with Crippen molar-refractivity contribution in [1.82, 2.24) is 0 Å². The van der Waals surface area contributed by atoms with E-state index >= 15 is 0 Å². The van der Waals surface area contributed by atoms with Crippen LogP contribution < -0.4 is 5.32 Å². The summed E-state index contributed by atoms with van der Waals surface area (Å²) in [6.45, 7) is 1.94. The molecule has 0 saturated heterocycles. The number of hydrogen-bond donors (Lipinski definition) is 1. The number of nitro groups is 1. The fourth-order valence-corrected chi connectivity index (χ4v) is 2.62. The summed E-state index contributed by atoms with van der Waals surface area (Å²) in [4.78, 5) is 33.9. The maximum atomic E-state index is 12.0. The monoisotopic (exact) mass is 346 g/mol. The highest BCUT2D eigenvalue weighted by atomic mass is 32.1. The molecule has 1 N–H and O–H groups in total. The van der Waals surface area contributed by atoms with E-state index < -0.39 is 16.8 Å². The van der Waals surface area contributed by atoms with Crippen molar-refractivity contribution < 1.29 is 19.2 Å². The molecule has 24 heavy (non-hydrogen) atoms. The fraction of sp³-hybridized carbons (Fsp3) is 0.125. The topological polar surface area (TPSA) is 98.5 Å². The highest BCUT2D eigenvalue weighted by Crippen LogP contribution is 2.24. The Bertz CT molecular complexity index is 797. The smallest absolute Gasteiger partial charge is 0.341 e. The number of nitro benzene ring substituents is 1. The second-order valence-electron chi connectivity index (χ2n) is 4.56. The number of non-ortho nitro benzene ring substituents is 1. The van der Waals surface area contributed by atoms with Gasteiger partial charge in [0.25, 0.3) is 5.69 Å². The number of esters is 1. The summed E-state index contributed by atoms with van der Waals surface area (Å²) >= 11 is 1.20. The predicted molar refractivity (Wildman–Crippen MR) is 91.0 cm³/mol. The molecule has 1 heterocycles. The van der Waals surface area contributed by atoms with Crippen molar-refractivity contribution in [2.45, 2.75) is 6.92 Å². The highest BCUT2D eigenvalue weighted by molar-refractivity contribution is 7.14. The van der Waals surface area contributed by atoms with Crippen LogP contribution >= 0.6 is 11.3 Å². The minimum atomic E-state index is -0.505. The van der Waals surface area contributed by atoms with Crippen LogP contribution in [0.3, 0.4) is 0 Å². The molecule has 0 saturated carbocycles. The molecule has 0 aliphatic rings. The summed E-state index contributed by atoms with van der Waals surface area (Å²) < 4.78 is 4.91. The molecule has 2 rings (SSSR count). The number of anilines is 1. The molecule has 1 aromatic carbocycles. The van der Waals surface area contributed by atoms with Crippen LogP contribution in [-0.2, 0) is 9.53 Å². The molecule has 0 bridgehead atoms. The Morgan fingerprint density at radius 2 is 2.17 bits per heavy atom. The van der Waals surface area contributed by atoms with E-state index in [0.717, 1.165) is 0 Å². The molecule has 1 aromatic heterocycles. The van der Waals surface area contributed by atoms with Crippen LogP contribution in [0.2, 0.25) is 0 Å². The molecule has 0 aliphatic carbocycles. The minimum Gasteiger partial charge on any atom is -0.462 e. The summed E-state index contributed by atoms with van der Waals surface area (Å²) in [6.07, 6.45) is 2.70. The van der Waals surface area contributed by atoms with E-state index in [2.05, 4.69) is 5.32 Å². The highest BCUT2D eigenvalue weighted by Gasteiger charge is 2.15. The average Bonchev–Trinajstić information content (AvgIpc) is 3.01. The second kappa shape index (κ2) is 8.02. The van der Waals surface area contributed by atoms with Crippen molar-refractivity contribution in [2.24, 2.45) is 0 Å². The molecule has 0 atom stereocenters. The zero-order chi connectivity index (χ0) is 17.5. The van der Waals surface area contributed by atoms with Gasteiger partial charge in [-0.2, -0.15) is 0 Å². The van der Waals surface area contributed by atoms with Gasteiger partial charge in [0.05, 0.1) is 17.1 Å². The van der Waals surface area contributed by atoms with Gasteiger partial charge in [-0.25, -0.2) is 4.79 Å². The average molecular weight is 346 g/mol. The number of amides is 1. The van der Waals surface area contributed by atoms with Crippen LogP contribution in [0.5, 0.6) is 0 Å². The third-order valence-electron chi connectivity index (χ3n) is 2.91. The van der Waals surface area contributed by atoms with Crippen LogP contribution in [0.4, 0.5) is 10.7 Å². The zero-order valence-corrected chi connectivity index (χ0v) is 13.5. The fourth-order valence-electron chi connectivity index (χ4n) is 1.84.